The largest absolute Gasteiger partial charge is 0.331 e. The molecular weight excluding hydrogens is 328 g/mol. The van der Waals surface area contributed by atoms with Gasteiger partial charge in [-0.05, 0) is 35.3 Å². The minimum Gasteiger partial charge on any atom is -0.273 e. The Morgan fingerprint density at radius 3 is 2.46 bits per heavy atom. The maximum atomic E-state index is 13.0. The number of carbonyl (C=O) groups is 3. The van der Waals surface area contributed by atoms with Crippen LogP contribution < -0.4 is 5.32 Å². The van der Waals surface area contributed by atoms with Crippen LogP contribution in [-0.4, -0.2) is 28.8 Å². The first-order valence-corrected chi connectivity index (χ1v) is 9.03. The molecule has 26 heavy (non-hydrogen) atoms. The molecule has 132 valence electrons. The number of carbonyl (C=O) groups excluding carboxylic acids is 3. The highest BCUT2D eigenvalue weighted by molar-refractivity contribution is 6.31. The number of barbiturate groups is 1. The van der Waals surface area contributed by atoms with Gasteiger partial charge in [0.05, 0.1) is 0 Å². The highest BCUT2D eigenvalue weighted by Gasteiger charge is 2.40. The van der Waals surface area contributed by atoms with E-state index < -0.39 is 17.8 Å². The molecule has 0 atom stereocenters. The van der Waals surface area contributed by atoms with Crippen molar-refractivity contribution in [3.63, 3.8) is 0 Å². The van der Waals surface area contributed by atoms with Crippen molar-refractivity contribution < 1.29 is 14.4 Å². The van der Waals surface area contributed by atoms with E-state index in [2.05, 4.69) is 5.32 Å². The van der Waals surface area contributed by atoms with Crippen molar-refractivity contribution in [2.75, 3.05) is 0 Å². The minimum atomic E-state index is -0.625. The number of hydrogen-bond donors (Lipinski definition) is 1. The molecule has 0 radical (unpaired) electrons. The lowest BCUT2D eigenvalue weighted by Crippen LogP contribution is -2.58. The summed E-state index contributed by atoms with van der Waals surface area (Å²) in [7, 11) is 0. The van der Waals surface area contributed by atoms with Crippen molar-refractivity contribution in [2.45, 2.75) is 38.1 Å². The van der Waals surface area contributed by atoms with Crippen LogP contribution in [0.5, 0.6) is 0 Å². The summed E-state index contributed by atoms with van der Waals surface area (Å²) in [5.74, 6) is -1.11. The van der Waals surface area contributed by atoms with E-state index in [1.165, 1.54) is 4.90 Å². The number of rotatable bonds is 2. The van der Waals surface area contributed by atoms with Crippen molar-refractivity contribution >= 4 is 34.7 Å². The van der Waals surface area contributed by atoms with Crippen LogP contribution in [0.4, 0.5) is 4.79 Å². The Bertz CT molecular complexity index is 921. The van der Waals surface area contributed by atoms with Crippen LogP contribution in [0, 0.1) is 0 Å². The van der Waals surface area contributed by atoms with Crippen molar-refractivity contribution in [3.05, 3.63) is 53.6 Å². The zero-order valence-corrected chi connectivity index (χ0v) is 14.4. The Labute approximate surface area is 151 Å². The second-order valence-electron chi connectivity index (χ2n) is 6.85. The van der Waals surface area contributed by atoms with E-state index in [-0.39, 0.29) is 11.6 Å². The molecule has 1 heterocycles. The van der Waals surface area contributed by atoms with Gasteiger partial charge in [0.25, 0.3) is 11.8 Å². The zero-order chi connectivity index (χ0) is 18.1. The molecule has 4 rings (SSSR count). The third-order valence-corrected chi connectivity index (χ3v) is 5.20. The van der Waals surface area contributed by atoms with Gasteiger partial charge in [-0.25, -0.2) is 4.79 Å². The molecule has 5 heteroatoms. The molecule has 0 spiro atoms. The van der Waals surface area contributed by atoms with Crippen molar-refractivity contribution in [3.8, 4) is 0 Å². The van der Waals surface area contributed by atoms with Gasteiger partial charge in [0.15, 0.2) is 0 Å². The van der Waals surface area contributed by atoms with E-state index in [9.17, 15) is 14.4 Å². The second-order valence-corrected chi connectivity index (χ2v) is 6.85. The summed E-state index contributed by atoms with van der Waals surface area (Å²) < 4.78 is 0. The minimum absolute atomic E-state index is 0.0199. The quantitative estimate of drug-likeness (QED) is 0.666. The Balaban J connectivity index is 1.74. The van der Waals surface area contributed by atoms with Crippen molar-refractivity contribution in [2.24, 2.45) is 0 Å². The number of amides is 4. The number of fused-ring (bicyclic) bond motifs is 1. The number of nitrogens with one attached hydrogen (secondary N) is 1. The number of nitrogens with zero attached hydrogens (tertiary/aromatic N) is 1. The van der Waals surface area contributed by atoms with Crippen LogP contribution in [0.25, 0.3) is 16.8 Å². The lowest BCUT2D eigenvalue weighted by molar-refractivity contribution is -0.132. The molecule has 1 aliphatic heterocycles. The van der Waals surface area contributed by atoms with E-state index in [0.29, 0.717) is 0 Å². The third-order valence-electron chi connectivity index (χ3n) is 5.20. The van der Waals surface area contributed by atoms with Crippen molar-refractivity contribution in [1.82, 2.24) is 10.2 Å². The average molecular weight is 348 g/mol. The highest BCUT2D eigenvalue weighted by Crippen LogP contribution is 2.27. The molecule has 2 aromatic rings. The van der Waals surface area contributed by atoms with Crippen LogP contribution >= 0.6 is 0 Å². The summed E-state index contributed by atoms with van der Waals surface area (Å²) in [6.45, 7) is 0. The summed E-state index contributed by atoms with van der Waals surface area (Å²) in [4.78, 5) is 38.8. The Kier molecular flexibility index (Phi) is 4.29. The topological polar surface area (TPSA) is 66.5 Å². The van der Waals surface area contributed by atoms with Crippen molar-refractivity contribution in [1.29, 1.82) is 0 Å². The molecule has 5 nitrogen and oxygen atoms in total. The second kappa shape index (κ2) is 6.75. The average Bonchev–Trinajstić information content (AvgIpc) is 2.66. The first kappa shape index (κ1) is 16.5. The molecule has 1 saturated carbocycles. The fourth-order valence-corrected chi connectivity index (χ4v) is 3.87. The van der Waals surface area contributed by atoms with Gasteiger partial charge in [-0.2, -0.15) is 0 Å². The normalized spacial score (nSPS) is 20.7. The molecule has 1 saturated heterocycles. The molecule has 1 aliphatic carbocycles. The van der Waals surface area contributed by atoms with Gasteiger partial charge in [-0.15, -0.1) is 0 Å². The Morgan fingerprint density at radius 1 is 0.923 bits per heavy atom. The SMILES string of the molecule is O=C1NC(=O)N(C2CCCCC2)C(=O)C1=Cc1cccc2ccccc12. The first-order chi connectivity index (χ1) is 12.6. The van der Waals surface area contributed by atoms with Crippen LogP contribution in [0.15, 0.2) is 48.0 Å². The monoisotopic (exact) mass is 348 g/mol. The number of urea groups is 1. The molecule has 1 N–H and O–H groups in total. The van der Waals surface area contributed by atoms with E-state index in [1.54, 1.807) is 6.08 Å². The highest BCUT2D eigenvalue weighted by atomic mass is 16.2. The van der Waals surface area contributed by atoms with Gasteiger partial charge < -0.3 is 0 Å². The van der Waals surface area contributed by atoms with Gasteiger partial charge in [0, 0.05) is 6.04 Å². The van der Waals surface area contributed by atoms with Crippen LogP contribution in [0.2, 0.25) is 0 Å². The maximum Gasteiger partial charge on any atom is 0.331 e. The molecule has 4 amide bonds. The van der Waals surface area contributed by atoms with Gasteiger partial charge in [-0.3, -0.25) is 19.8 Å². The first-order valence-electron chi connectivity index (χ1n) is 9.03. The molecule has 2 aliphatic rings. The number of hydrogen-bond acceptors (Lipinski definition) is 3. The molecule has 0 unspecified atom stereocenters. The van der Waals surface area contributed by atoms with Gasteiger partial charge >= 0.3 is 6.03 Å². The van der Waals surface area contributed by atoms with Gasteiger partial charge in [-0.1, -0.05) is 61.7 Å². The van der Waals surface area contributed by atoms with Crippen LogP contribution in [-0.2, 0) is 9.59 Å². The summed E-state index contributed by atoms with van der Waals surface area (Å²) in [5, 5.41) is 4.33. The summed E-state index contributed by atoms with van der Waals surface area (Å²) >= 11 is 0. The predicted octanol–water partition coefficient (Wildman–Crippen LogP) is 3.63. The fraction of sp³-hybridized carbons (Fsp3) is 0.286. The van der Waals surface area contributed by atoms with Crippen LogP contribution in [0.3, 0.4) is 0 Å². The molecule has 0 aromatic heterocycles. The summed E-state index contributed by atoms with van der Waals surface area (Å²) in [6, 6.07) is 12.8. The number of imide groups is 2. The van der Waals surface area contributed by atoms with E-state index in [1.807, 2.05) is 42.5 Å². The summed E-state index contributed by atoms with van der Waals surface area (Å²) in [5.41, 5.74) is 0.811. The molecule has 0 bridgehead atoms. The predicted molar refractivity (Wildman–Crippen MR) is 99.2 cm³/mol. The smallest absolute Gasteiger partial charge is 0.273 e. The summed E-state index contributed by atoms with van der Waals surface area (Å²) in [6.07, 6.45) is 6.32. The Hall–Kier alpha value is -2.95. The third kappa shape index (κ3) is 2.90. The van der Waals surface area contributed by atoms with Gasteiger partial charge in [0.2, 0.25) is 0 Å². The zero-order valence-electron chi connectivity index (χ0n) is 14.4. The fourth-order valence-electron chi connectivity index (χ4n) is 3.87. The van der Waals surface area contributed by atoms with Gasteiger partial charge in [0.1, 0.15) is 5.57 Å². The lowest BCUT2D eigenvalue weighted by atomic mass is 9.93. The standard InChI is InChI=1S/C21H20N2O3/c24-19-18(13-15-9-6-8-14-7-4-5-12-17(14)15)20(25)23(21(26)22-19)16-10-2-1-3-11-16/h4-9,12-13,16H,1-3,10-11H2,(H,22,24,26). The lowest BCUT2D eigenvalue weighted by Gasteiger charge is -2.35. The number of benzene rings is 2. The van der Waals surface area contributed by atoms with E-state index >= 15 is 0 Å². The van der Waals surface area contributed by atoms with E-state index in [0.717, 1.165) is 48.4 Å². The molecule has 2 fully saturated rings. The maximum absolute atomic E-state index is 13.0. The molecule has 2 aromatic carbocycles. The van der Waals surface area contributed by atoms with E-state index in [4.69, 9.17) is 0 Å². The molecular formula is C21H20N2O3. The van der Waals surface area contributed by atoms with Crippen LogP contribution in [0.1, 0.15) is 37.7 Å². The Morgan fingerprint density at radius 2 is 1.65 bits per heavy atom.